The van der Waals surface area contributed by atoms with Crippen molar-refractivity contribution in [3.05, 3.63) is 54.5 Å². The predicted molar refractivity (Wildman–Crippen MR) is 129 cm³/mol. The molecule has 5 rings (SSSR count). The van der Waals surface area contributed by atoms with Crippen LogP contribution in [-0.4, -0.2) is 76.3 Å². The number of hydrogen-bond acceptors (Lipinski definition) is 9. The predicted octanol–water partition coefficient (Wildman–Crippen LogP) is 2.56. The lowest BCUT2D eigenvalue weighted by atomic mass is 10.2. The molecule has 35 heavy (non-hydrogen) atoms. The van der Waals surface area contributed by atoms with Crippen molar-refractivity contribution >= 4 is 29.3 Å². The van der Waals surface area contributed by atoms with E-state index in [4.69, 9.17) is 0 Å². The SMILES string of the molecule is CC.O=C(Nc1cnc(N2CCN(c3ncc(F)cn3)CC2)cn1)c1ccc(N2CC(F)C2)nc1. The number of nitrogens with zero attached hydrogens (tertiary/aromatic N) is 8. The van der Waals surface area contributed by atoms with Crippen molar-refractivity contribution in [2.75, 3.05) is 59.3 Å². The minimum Gasteiger partial charge on any atom is -0.352 e. The molecule has 0 aromatic carbocycles. The van der Waals surface area contributed by atoms with E-state index in [1.54, 1.807) is 18.3 Å². The van der Waals surface area contributed by atoms with Crippen LogP contribution in [0.15, 0.2) is 43.1 Å². The molecular weight excluding hydrogens is 456 g/mol. The number of rotatable bonds is 5. The molecule has 0 saturated carbocycles. The summed E-state index contributed by atoms with van der Waals surface area (Å²) >= 11 is 0. The highest BCUT2D eigenvalue weighted by molar-refractivity contribution is 6.03. The minimum atomic E-state index is -0.816. The third kappa shape index (κ3) is 5.76. The summed E-state index contributed by atoms with van der Waals surface area (Å²) in [5.74, 6) is 1.36. The Balaban J connectivity index is 0.00000141. The number of carbonyl (C=O) groups excluding carboxylic acids is 1. The maximum Gasteiger partial charge on any atom is 0.258 e. The van der Waals surface area contributed by atoms with Crippen molar-refractivity contribution in [2.45, 2.75) is 20.0 Å². The van der Waals surface area contributed by atoms with Gasteiger partial charge < -0.3 is 20.0 Å². The second-order valence-electron chi connectivity index (χ2n) is 7.80. The third-order valence-corrected chi connectivity index (χ3v) is 5.54. The summed E-state index contributed by atoms with van der Waals surface area (Å²) in [4.78, 5) is 39.3. The summed E-state index contributed by atoms with van der Waals surface area (Å²) in [6.07, 6.45) is 6.07. The highest BCUT2D eigenvalue weighted by atomic mass is 19.1. The van der Waals surface area contributed by atoms with Crippen LogP contribution in [0.2, 0.25) is 0 Å². The maximum atomic E-state index is 13.0. The second kappa shape index (κ2) is 11.0. The monoisotopic (exact) mass is 483 g/mol. The number of carbonyl (C=O) groups is 1. The first-order valence-electron chi connectivity index (χ1n) is 11.5. The van der Waals surface area contributed by atoms with E-state index < -0.39 is 12.0 Å². The van der Waals surface area contributed by atoms with Gasteiger partial charge in [0, 0.05) is 32.4 Å². The Bertz CT molecular complexity index is 1100. The van der Waals surface area contributed by atoms with E-state index in [1.165, 1.54) is 12.4 Å². The van der Waals surface area contributed by atoms with Gasteiger partial charge in [-0.3, -0.25) is 4.79 Å². The fourth-order valence-electron chi connectivity index (χ4n) is 3.66. The fraction of sp³-hybridized carbons (Fsp3) is 0.391. The largest absolute Gasteiger partial charge is 0.352 e. The molecule has 0 radical (unpaired) electrons. The molecular formula is C23H27F2N9O. The number of aromatic nitrogens is 5. The lowest BCUT2D eigenvalue weighted by Crippen LogP contribution is -2.48. The highest BCUT2D eigenvalue weighted by Gasteiger charge is 2.27. The number of alkyl halides is 1. The summed E-state index contributed by atoms with van der Waals surface area (Å²) in [5.41, 5.74) is 0.376. The average molecular weight is 484 g/mol. The minimum absolute atomic E-state index is 0.328. The molecule has 2 aliphatic heterocycles. The third-order valence-electron chi connectivity index (χ3n) is 5.54. The zero-order valence-electron chi connectivity index (χ0n) is 19.6. The Morgan fingerprint density at radius 1 is 0.829 bits per heavy atom. The molecule has 10 nitrogen and oxygen atoms in total. The van der Waals surface area contributed by atoms with Crippen LogP contribution in [0.25, 0.3) is 0 Å². The van der Waals surface area contributed by atoms with Crippen molar-refractivity contribution in [3.63, 3.8) is 0 Å². The number of nitrogens with one attached hydrogen (secondary N) is 1. The smallest absolute Gasteiger partial charge is 0.258 e. The molecule has 2 aliphatic rings. The Kier molecular flexibility index (Phi) is 7.58. The average Bonchev–Trinajstić information content (AvgIpc) is 2.89. The standard InChI is InChI=1S/C21H21F2N9O.C2H6/c22-15-8-27-21(28-9-15)31-5-3-30(4-6-31)19-11-24-17(10-26-19)29-20(33)14-1-2-18(25-7-14)32-12-16(23)13-32;1-2/h1-2,7-11,16H,3-6,12-13H2,(H,24,29,33);1-2H3. The van der Waals surface area contributed by atoms with Crippen LogP contribution < -0.4 is 20.0 Å². The summed E-state index contributed by atoms with van der Waals surface area (Å²) in [6, 6.07) is 3.35. The van der Waals surface area contributed by atoms with Gasteiger partial charge in [-0.05, 0) is 12.1 Å². The number of hydrogen-bond donors (Lipinski definition) is 1. The van der Waals surface area contributed by atoms with Gasteiger partial charge in [0.15, 0.2) is 11.6 Å². The van der Waals surface area contributed by atoms with Gasteiger partial charge in [-0.15, -0.1) is 0 Å². The zero-order valence-corrected chi connectivity index (χ0v) is 19.6. The van der Waals surface area contributed by atoms with Crippen LogP contribution in [0.3, 0.4) is 0 Å². The van der Waals surface area contributed by atoms with Gasteiger partial charge in [0.25, 0.3) is 5.91 Å². The molecule has 3 aromatic rings. The van der Waals surface area contributed by atoms with E-state index in [0.717, 1.165) is 12.4 Å². The molecule has 0 unspecified atom stereocenters. The van der Waals surface area contributed by atoms with Crippen LogP contribution in [0.5, 0.6) is 0 Å². The number of pyridine rings is 1. The van der Waals surface area contributed by atoms with Crippen molar-refractivity contribution in [3.8, 4) is 0 Å². The van der Waals surface area contributed by atoms with Crippen LogP contribution in [-0.2, 0) is 0 Å². The molecule has 12 heteroatoms. The highest BCUT2D eigenvalue weighted by Crippen LogP contribution is 2.21. The van der Waals surface area contributed by atoms with Crippen molar-refractivity contribution < 1.29 is 13.6 Å². The Morgan fingerprint density at radius 2 is 1.49 bits per heavy atom. The number of amides is 1. The first-order chi connectivity index (χ1) is 17.0. The Morgan fingerprint density at radius 3 is 2.06 bits per heavy atom. The topological polar surface area (TPSA) is 103 Å². The van der Waals surface area contributed by atoms with Crippen LogP contribution in [0, 0.1) is 5.82 Å². The van der Waals surface area contributed by atoms with Crippen molar-refractivity contribution in [2.24, 2.45) is 0 Å². The van der Waals surface area contributed by atoms with Crippen LogP contribution in [0.4, 0.5) is 32.2 Å². The van der Waals surface area contributed by atoms with E-state index >= 15 is 0 Å². The second-order valence-corrected chi connectivity index (χ2v) is 7.80. The zero-order chi connectivity index (χ0) is 24.8. The van der Waals surface area contributed by atoms with E-state index in [1.807, 2.05) is 23.6 Å². The van der Waals surface area contributed by atoms with Crippen LogP contribution in [0.1, 0.15) is 24.2 Å². The number of anilines is 4. The van der Waals surface area contributed by atoms with Gasteiger partial charge in [0.1, 0.15) is 17.8 Å². The Hall–Kier alpha value is -3.96. The van der Waals surface area contributed by atoms with E-state index in [2.05, 4.69) is 35.1 Å². The van der Waals surface area contributed by atoms with E-state index in [-0.39, 0.29) is 5.91 Å². The lowest BCUT2D eigenvalue weighted by molar-refractivity contribution is 0.102. The van der Waals surface area contributed by atoms with E-state index in [0.29, 0.717) is 68.2 Å². The Labute approximate surface area is 202 Å². The molecule has 0 atom stereocenters. The first kappa shape index (κ1) is 24.2. The quantitative estimate of drug-likeness (QED) is 0.586. The molecule has 184 valence electrons. The molecule has 1 amide bonds. The van der Waals surface area contributed by atoms with Crippen LogP contribution >= 0.6 is 0 Å². The van der Waals surface area contributed by atoms with Gasteiger partial charge in [0.2, 0.25) is 5.95 Å². The molecule has 2 fully saturated rings. The van der Waals surface area contributed by atoms with Gasteiger partial charge in [-0.1, -0.05) is 13.8 Å². The van der Waals surface area contributed by atoms with Gasteiger partial charge in [-0.25, -0.2) is 33.7 Å². The maximum absolute atomic E-state index is 13.0. The summed E-state index contributed by atoms with van der Waals surface area (Å²) in [7, 11) is 0. The summed E-state index contributed by atoms with van der Waals surface area (Å²) in [5, 5.41) is 2.71. The molecule has 5 heterocycles. The lowest BCUT2D eigenvalue weighted by Gasteiger charge is -2.35. The molecule has 0 bridgehead atoms. The number of piperazine rings is 1. The summed E-state index contributed by atoms with van der Waals surface area (Å²) < 4.78 is 26.0. The van der Waals surface area contributed by atoms with Gasteiger partial charge in [0.05, 0.1) is 43.4 Å². The molecule has 0 spiro atoms. The van der Waals surface area contributed by atoms with Crippen molar-refractivity contribution in [1.29, 1.82) is 0 Å². The fourth-order valence-corrected chi connectivity index (χ4v) is 3.66. The number of halogens is 2. The molecule has 1 N–H and O–H groups in total. The first-order valence-corrected chi connectivity index (χ1v) is 11.5. The molecule has 0 aliphatic carbocycles. The summed E-state index contributed by atoms with van der Waals surface area (Å²) in [6.45, 7) is 7.35. The normalized spacial score (nSPS) is 15.7. The van der Waals surface area contributed by atoms with Gasteiger partial charge >= 0.3 is 0 Å². The molecule has 3 aromatic heterocycles. The van der Waals surface area contributed by atoms with E-state index in [9.17, 15) is 13.6 Å². The van der Waals surface area contributed by atoms with Crippen molar-refractivity contribution in [1.82, 2.24) is 24.9 Å². The van der Waals surface area contributed by atoms with Gasteiger partial charge in [-0.2, -0.15) is 0 Å². The molecule has 2 saturated heterocycles.